The summed E-state index contributed by atoms with van der Waals surface area (Å²) in [6.45, 7) is 0.0976. The summed E-state index contributed by atoms with van der Waals surface area (Å²) >= 11 is 0. The lowest BCUT2D eigenvalue weighted by Crippen LogP contribution is -2.09. The summed E-state index contributed by atoms with van der Waals surface area (Å²) in [5, 5.41) is 3.83. The number of methoxy groups -OCH3 is 1. The summed E-state index contributed by atoms with van der Waals surface area (Å²) in [6.07, 6.45) is 3.56. The molecule has 1 aromatic rings. The fraction of sp³-hybridized carbons (Fsp3) is 0.700. The molecule has 1 saturated carbocycles. The van der Waals surface area contributed by atoms with E-state index in [4.69, 9.17) is 9.26 Å². The third kappa shape index (κ3) is 3.13. The van der Waals surface area contributed by atoms with Gasteiger partial charge in [0, 0.05) is 13.5 Å². The molecule has 2 rings (SSSR count). The molecule has 5 nitrogen and oxygen atoms in total. The Bertz CT molecular complexity index is 344. The standard InChI is InChI=1S/C10H14N2O3/c1-14-6-8(13)5-10-11-9(12-15-10)4-7-2-3-7/h7H,2-6H2,1H3. The SMILES string of the molecule is COCC(=O)Cc1nc(CC2CC2)no1. The zero-order valence-corrected chi connectivity index (χ0v) is 8.73. The molecule has 0 unspecified atom stereocenters. The van der Waals surface area contributed by atoms with E-state index in [0.717, 1.165) is 18.2 Å². The topological polar surface area (TPSA) is 65.2 Å². The molecule has 0 N–H and O–H groups in total. The minimum absolute atomic E-state index is 0.0425. The van der Waals surface area contributed by atoms with E-state index in [2.05, 4.69) is 10.1 Å². The second-order valence-electron chi connectivity index (χ2n) is 3.90. The van der Waals surface area contributed by atoms with E-state index in [0.29, 0.717) is 5.89 Å². The number of nitrogens with zero attached hydrogens (tertiary/aromatic N) is 2. The molecule has 0 bridgehead atoms. The Balaban J connectivity index is 1.85. The summed E-state index contributed by atoms with van der Waals surface area (Å²) in [6, 6.07) is 0. The second-order valence-corrected chi connectivity index (χ2v) is 3.90. The first kappa shape index (κ1) is 10.3. The summed E-state index contributed by atoms with van der Waals surface area (Å²) < 4.78 is 9.69. The van der Waals surface area contributed by atoms with E-state index in [1.165, 1.54) is 20.0 Å². The van der Waals surface area contributed by atoms with Crippen molar-refractivity contribution in [3.8, 4) is 0 Å². The van der Waals surface area contributed by atoms with Gasteiger partial charge in [-0.1, -0.05) is 5.16 Å². The molecule has 15 heavy (non-hydrogen) atoms. The average molecular weight is 210 g/mol. The molecule has 1 aliphatic rings. The first-order valence-corrected chi connectivity index (χ1v) is 5.10. The number of ketones is 1. The van der Waals surface area contributed by atoms with Gasteiger partial charge in [0.25, 0.3) is 0 Å². The van der Waals surface area contributed by atoms with E-state index in [1.807, 2.05) is 0 Å². The Morgan fingerprint density at radius 2 is 2.40 bits per heavy atom. The van der Waals surface area contributed by atoms with Crippen LogP contribution in [0, 0.1) is 5.92 Å². The van der Waals surface area contributed by atoms with Crippen molar-refractivity contribution in [2.24, 2.45) is 5.92 Å². The van der Waals surface area contributed by atoms with Crippen LogP contribution in [0.5, 0.6) is 0 Å². The Morgan fingerprint density at radius 3 is 3.07 bits per heavy atom. The van der Waals surface area contributed by atoms with Crippen molar-refractivity contribution in [1.82, 2.24) is 10.1 Å². The van der Waals surface area contributed by atoms with Gasteiger partial charge >= 0.3 is 0 Å². The van der Waals surface area contributed by atoms with Crippen LogP contribution in [0.3, 0.4) is 0 Å². The zero-order chi connectivity index (χ0) is 10.7. The number of rotatable bonds is 6. The lowest BCUT2D eigenvalue weighted by Gasteiger charge is -1.93. The number of carbonyl (C=O) groups excluding carboxylic acids is 1. The largest absolute Gasteiger partial charge is 0.377 e. The maximum atomic E-state index is 11.2. The third-order valence-electron chi connectivity index (χ3n) is 2.33. The van der Waals surface area contributed by atoms with Gasteiger partial charge in [-0.25, -0.2) is 0 Å². The summed E-state index contributed by atoms with van der Waals surface area (Å²) in [7, 11) is 1.49. The van der Waals surface area contributed by atoms with Gasteiger partial charge in [-0.15, -0.1) is 0 Å². The monoisotopic (exact) mass is 210 g/mol. The predicted molar refractivity (Wildman–Crippen MR) is 51.3 cm³/mol. The van der Waals surface area contributed by atoms with Gasteiger partial charge in [0.15, 0.2) is 11.6 Å². The second kappa shape index (κ2) is 4.53. The van der Waals surface area contributed by atoms with Crippen molar-refractivity contribution < 1.29 is 14.1 Å². The summed E-state index contributed by atoms with van der Waals surface area (Å²) in [5.74, 6) is 1.80. The molecule has 0 aliphatic heterocycles. The third-order valence-corrected chi connectivity index (χ3v) is 2.33. The minimum atomic E-state index is -0.0425. The van der Waals surface area contributed by atoms with E-state index < -0.39 is 0 Å². The number of hydrogen-bond donors (Lipinski definition) is 0. The van der Waals surface area contributed by atoms with Gasteiger partial charge < -0.3 is 9.26 Å². The van der Waals surface area contributed by atoms with Crippen molar-refractivity contribution in [3.63, 3.8) is 0 Å². The van der Waals surface area contributed by atoms with Crippen molar-refractivity contribution in [1.29, 1.82) is 0 Å². The molecule has 1 heterocycles. The van der Waals surface area contributed by atoms with E-state index in [-0.39, 0.29) is 18.8 Å². The van der Waals surface area contributed by atoms with E-state index >= 15 is 0 Å². The first-order valence-electron chi connectivity index (χ1n) is 5.10. The Morgan fingerprint density at radius 1 is 1.60 bits per heavy atom. The molecule has 0 spiro atoms. The van der Waals surface area contributed by atoms with Crippen LogP contribution in [0.4, 0.5) is 0 Å². The predicted octanol–water partition coefficient (Wildman–Crippen LogP) is 0.780. The number of ether oxygens (including phenoxy) is 1. The summed E-state index contributed by atoms with van der Waals surface area (Å²) in [4.78, 5) is 15.4. The van der Waals surface area contributed by atoms with Crippen LogP contribution in [0.1, 0.15) is 24.6 Å². The normalized spacial score (nSPS) is 15.5. The maximum Gasteiger partial charge on any atom is 0.234 e. The smallest absolute Gasteiger partial charge is 0.234 e. The first-order chi connectivity index (χ1) is 7.28. The highest BCUT2D eigenvalue weighted by Crippen LogP contribution is 2.31. The lowest BCUT2D eigenvalue weighted by atomic mass is 10.3. The highest BCUT2D eigenvalue weighted by atomic mass is 16.5. The average Bonchev–Trinajstić information content (AvgIpc) is 2.88. The van der Waals surface area contributed by atoms with Crippen molar-refractivity contribution in [2.45, 2.75) is 25.7 Å². The van der Waals surface area contributed by atoms with Gasteiger partial charge in [-0.3, -0.25) is 4.79 Å². The highest BCUT2D eigenvalue weighted by molar-refractivity contribution is 5.81. The summed E-state index contributed by atoms with van der Waals surface area (Å²) in [5.41, 5.74) is 0. The zero-order valence-electron chi connectivity index (χ0n) is 8.73. The molecular weight excluding hydrogens is 196 g/mol. The quantitative estimate of drug-likeness (QED) is 0.694. The Kier molecular flexibility index (Phi) is 3.11. The molecule has 82 valence electrons. The van der Waals surface area contributed by atoms with Crippen LogP contribution in [-0.4, -0.2) is 29.6 Å². The van der Waals surface area contributed by atoms with E-state index in [1.54, 1.807) is 0 Å². The Hall–Kier alpha value is -1.23. The number of Topliss-reactive ketones (excluding diaryl/α,β-unsaturated/α-hetero) is 1. The molecule has 0 atom stereocenters. The maximum absolute atomic E-state index is 11.2. The van der Waals surface area contributed by atoms with Crippen LogP contribution in [0.2, 0.25) is 0 Å². The highest BCUT2D eigenvalue weighted by Gasteiger charge is 2.24. The molecule has 0 radical (unpaired) electrons. The van der Waals surface area contributed by atoms with E-state index in [9.17, 15) is 4.79 Å². The number of carbonyl (C=O) groups is 1. The van der Waals surface area contributed by atoms with Gasteiger partial charge in [0.2, 0.25) is 5.89 Å². The molecule has 0 aromatic carbocycles. The van der Waals surface area contributed by atoms with Gasteiger partial charge in [0.1, 0.15) is 6.61 Å². The minimum Gasteiger partial charge on any atom is -0.377 e. The van der Waals surface area contributed by atoms with Crippen molar-refractivity contribution in [2.75, 3.05) is 13.7 Å². The lowest BCUT2D eigenvalue weighted by molar-refractivity contribution is -0.122. The number of aromatic nitrogens is 2. The van der Waals surface area contributed by atoms with Crippen LogP contribution >= 0.6 is 0 Å². The molecule has 0 amide bonds. The molecular formula is C10H14N2O3. The molecule has 5 heteroatoms. The molecule has 1 aromatic heterocycles. The fourth-order valence-electron chi connectivity index (χ4n) is 1.41. The van der Waals surface area contributed by atoms with Crippen LogP contribution < -0.4 is 0 Å². The van der Waals surface area contributed by atoms with Gasteiger partial charge in [-0.2, -0.15) is 4.98 Å². The van der Waals surface area contributed by atoms with Gasteiger partial charge in [-0.05, 0) is 18.8 Å². The molecule has 1 aliphatic carbocycles. The van der Waals surface area contributed by atoms with Crippen LogP contribution in [0.25, 0.3) is 0 Å². The molecule has 1 fully saturated rings. The molecule has 0 saturated heterocycles. The van der Waals surface area contributed by atoms with Crippen LogP contribution in [-0.2, 0) is 22.4 Å². The fourth-order valence-corrected chi connectivity index (χ4v) is 1.41. The van der Waals surface area contributed by atoms with Crippen molar-refractivity contribution >= 4 is 5.78 Å². The van der Waals surface area contributed by atoms with Crippen LogP contribution in [0.15, 0.2) is 4.52 Å². The number of hydrogen-bond acceptors (Lipinski definition) is 5. The van der Waals surface area contributed by atoms with Gasteiger partial charge in [0.05, 0.1) is 6.42 Å². The van der Waals surface area contributed by atoms with Crippen molar-refractivity contribution in [3.05, 3.63) is 11.7 Å². The Labute approximate surface area is 87.8 Å².